The third kappa shape index (κ3) is 2.43. The first-order valence-electron chi connectivity index (χ1n) is 6.98. The number of hydrogen-bond acceptors (Lipinski definition) is 7. The quantitative estimate of drug-likeness (QED) is 0.828. The third-order valence-corrected chi connectivity index (χ3v) is 4.74. The van der Waals surface area contributed by atoms with Crippen LogP contribution in [0, 0.1) is 17.1 Å². The van der Waals surface area contributed by atoms with Gasteiger partial charge < -0.3 is 10.5 Å². The fraction of sp³-hybridized carbons (Fsp3) is 0.188. The van der Waals surface area contributed by atoms with Crippen molar-refractivity contribution in [2.24, 2.45) is 10.7 Å². The van der Waals surface area contributed by atoms with Crippen molar-refractivity contribution in [2.75, 3.05) is 7.11 Å². The summed E-state index contributed by atoms with van der Waals surface area (Å²) >= 11 is 1.14. The Morgan fingerprint density at radius 2 is 2.12 bits per heavy atom. The molecule has 0 unspecified atom stereocenters. The summed E-state index contributed by atoms with van der Waals surface area (Å²) in [4.78, 5) is 18.6. The summed E-state index contributed by atoms with van der Waals surface area (Å²) in [6, 6.07) is 7.14. The highest BCUT2D eigenvalue weighted by molar-refractivity contribution is 8.17. The van der Waals surface area contributed by atoms with Crippen molar-refractivity contribution in [3.8, 4) is 6.07 Å². The fourth-order valence-corrected chi connectivity index (χ4v) is 3.59. The number of carbonyl (C=O) groups is 1. The average molecular weight is 344 g/mol. The van der Waals surface area contributed by atoms with Crippen molar-refractivity contribution in [3.63, 3.8) is 0 Å². The molecular formula is C16H13FN4O2S. The number of esters is 1. The number of thioether (sulfide) groups is 1. The van der Waals surface area contributed by atoms with Crippen molar-refractivity contribution in [3.05, 3.63) is 57.6 Å². The number of carbonyl (C=O) groups excluding carboxylic acids is 1. The molecule has 6 nitrogen and oxygen atoms in total. The lowest BCUT2D eigenvalue weighted by molar-refractivity contribution is -0.136. The molecule has 0 spiro atoms. The second kappa shape index (κ2) is 6.02. The van der Waals surface area contributed by atoms with Gasteiger partial charge in [-0.1, -0.05) is 12.1 Å². The van der Waals surface area contributed by atoms with E-state index in [0.29, 0.717) is 26.9 Å². The van der Waals surface area contributed by atoms with Crippen molar-refractivity contribution in [1.29, 1.82) is 5.26 Å². The van der Waals surface area contributed by atoms with Crippen molar-refractivity contribution in [1.82, 2.24) is 4.90 Å². The van der Waals surface area contributed by atoms with E-state index in [0.717, 1.165) is 11.8 Å². The predicted molar refractivity (Wildman–Crippen MR) is 87.5 cm³/mol. The second-order valence-corrected chi connectivity index (χ2v) is 6.11. The van der Waals surface area contributed by atoms with Gasteiger partial charge in [0.25, 0.3) is 0 Å². The molecule has 2 aliphatic heterocycles. The normalized spacial score (nSPS) is 19.8. The van der Waals surface area contributed by atoms with Gasteiger partial charge in [-0.25, -0.2) is 14.2 Å². The van der Waals surface area contributed by atoms with Crippen LogP contribution in [0.3, 0.4) is 0 Å². The molecule has 122 valence electrons. The van der Waals surface area contributed by atoms with Gasteiger partial charge in [0, 0.05) is 0 Å². The maximum atomic E-state index is 13.3. The Bertz CT molecular complexity index is 852. The Balaban J connectivity index is 2.20. The zero-order chi connectivity index (χ0) is 17.4. The highest BCUT2D eigenvalue weighted by Crippen LogP contribution is 2.45. The van der Waals surface area contributed by atoms with Crippen molar-refractivity contribution >= 4 is 22.9 Å². The lowest BCUT2D eigenvalue weighted by Gasteiger charge is -2.34. The van der Waals surface area contributed by atoms with Gasteiger partial charge in [-0.15, -0.1) is 0 Å². The van der Waals surface area contributed by atoms with E-state index < -0.39 is 12.0 Å². The van der Waals surface area contributed by atoms with Gasteiger partial charge in [0.15, 0.2) is 5.17 Å². The van der Waals surface area contributed by atoms with Crippen LogP contribution in [0.4, 0.5) is 4.39 Å². The molecule has 0 aromatic heterocycles. The summed E-state index contributed by atoms with van der Waals surface area (Å²) in [7, 11) is 1.28. The molecule has 0 amide bonds. The maximum absolute atomic E-state index is 13.3. The molecule has 1 aromatic rings. The van der Waals surface area contributed by atoms with Crippen molar-refractivity contribution < 1.29 is 13.9 Å². The first-order valence-corrected chi connectivity index (χ1v) is 7.79. The van der Waals surface area contributed by atoms with Gasteiger partial charge in [0.2, 0.25) is 0 Å². The van der Waals surface area contributed by atoms with E-state index in [1.165, 1.54) is 19.2 Å². The molecule has 0 bridgehead atoms. The fourth-order valence-electron chi connectivity index (χ4n) is 2.67. The van der Waals surface area contributed by atoms with Gasteiger partial charge >= 0.3 is 5.97 Å². The summed E-state index contributed by atoms with van der Waals surface area (Å²) in [5, 5.41) is 9.72. The molecule has 0 fully saturated rings. The minimum atomic E-state index is -0.635. The van der Waals surface area contributed by atoms with Gasteiger partial charge in [0.05, 0.1) is 24.4 Å². The number of amidine groups is 1. The molecule has 1 aromatic carbocycles. The van der Waals surface area contributed by atoms with E-state index in [1.54, 1.807) is 24.0 Å². The number of aliphatic imine (C=N–C) groups is 1. The van der Waals surface area contributed by atoms with E-state index in [4.69, 9.17) is 10.5 Å². The zero-order valence-electron chi connectivity index (χ0n) is 12.9. The Morgan fingerprint density at radius 3 is 2.71 bits per heavy atom. The number of rotatable bonds is 2. The number of fused-ring (bicyclic) bond motifs is 1. The number of halogens is 1. The highest BCUT2D eigenvalue weighted by atomic mass is 32.2. The number of nitrogens with two attached hydrogens (primary N) is 1. The molecular weight excluding hydrogens is 331 g/mol. The zero-order valence-corrected chi connectivity index (χ0v) is 13.7. The molecule has 2 N–H and O–H groups in total. The standard InChI is InChI=1S/C16H13FN4O2S/c1-8-12(15(22)23-2)13(9-3-5-10(17)6-4-9)21-14(19)11(7-18)24-16(21)20-8/h3-6,13H,19H2,1-2H3/t13-/m1/s1. The molecule has 0 aliphatic carbocycles. The molecule has 2 aliphatic rings. The van der Waals surface area contributed by atoms with Gasteiger partial charge in [0.1, 0.15) is 22.6 Å². The Labute approximate surface area is 142 Å². The molecule has 24 heavy (non-hydrogen) atoms. The van der Waals surface area contributed by atoms with Crippen LogP contribution in [0.1, 0.15) is 18.5 Å². The second-order valence-electron chi connectivity index (χ2n) is 5.14. The number of hydrogen-bond donors (Lipinski definition) is 1. The molecule has 0 radical (unpaired) electrons. The van der Waals surface area contributed by atoms with Crippen LogP contribution in [0.25, 0.3) is 0 Å². The lowest BCUT2D eigenvalue weighted by atomic mass is 9.94. The summed E-state index contributed by atoms with van der Waals surface area (Å²) in [6.45, 7) is 1.69. The molecule has 1 atom stereocenters. The van der Waals surface area contributed by atoms with Crippen LogP contribution in [0.5, 0.6) is 0 Å². The monoisotopic (exact) mass is 344 g/mol. The topological polar surface area (TPSA) is 91.7 Å². The number of allylic oxidation sites excluding steroid dienone is 2. The van der Waals surface area contributed by atoms with Crippen LogP contribution in [0.2, 0.25) is 0 Å². The summed E-state index contributed by atoms with van der Waals surface area (Å²) < 4.78 is 18.2. The number of nitrogens with zero attached hydrogens (tertiary/aromatic N) is 3. The van der Waals surface area contributed by atoms with E-state index in [9.17, 15) is 14.4 Å². The van der Waals surface area contributed by atoms with Gasteiger partial charge in [-0.2, -0.15) is 5.26 Å². The molecule has 3 rings (SSSR count). The number of nitriles is 1. The van der Waals surface area contributed by atoms with Gasteiger partial charge in [-0.3, -0.25) is 4.90 Å². The van der Waals surface area contributed by atoms with Crippen molar-refractivity contribution in [2.45, 2.75) is 13.0 Å². The number of benzene rings is 1. The van der Waals surface area contributed by atoms with Crippen LogP contribution < -0.4 is 5.73 Å². The molecule has 8 heteroatoms. The van der Waals surface area contributed by atoms with E-state index in [1.807, 2.05) is 6.07 Å². The van der Waals surface area contributed by atoms with E-state index in [-0.39, 0.29) is 11.6 Å². The minimum Gasteiger partial charge on any atom is -0.466 e. The summed E-state index contributed by atoms with van der Waals surface area (Å²) in [6.07, 6.45) is 0. The maximum Gasteiger partial charge on any atom is 0.338 e. The SMILES string of the molecule is COC(=O)C1=C(C)N=C2SC(C#N)=C(N)N2[C@@H]1c1ccc(F)cc1. The van der Waals surface area contributed by atoms with Gasteiger partial charge in [-0.05, 0) is 36.4 Å². The smallest absolute Gasteiger partial charge is 0.338 e. The highest BCUT2D eigenvalue weighted by Gasteiger charge is 2.42. The van der Waals surface area contributed by atoms with E-state index in [2.05, 4.69) is 4.99 Å². The predicted octanol–water partition coefficient (Wildman–Crippen LogP) is 2.38. The average Bonchev–Trinajstić information content (AvgIpc) is 2.89. The van der Waals surface area contributed by atoms with Crippen LogP contribution >= 0.6 is 11.8 Å². The Hall–Kier alpha value is -2.79. The van der Waals surface area contributed by atoms with Crippen LogP contribution in [0.15, 0.2) is 51.3 Å². The number of ether oxygens (including phenoxy) is 1. The van der Waals surface area contributed by atoms with Crippen LogP contribution in [-0.2, 0) is 9.53 Å². The Kier molecular flexibility index (Phi) is 4.03. The summed E-state index contributed by atoms with van der Waals surface area (Å²) in [5.41, 5.74) is 7.50. The summed E-state index contributed by atoms with van der Waals surface area (Å²) in [5.74, 6) is -0.724. The minimum absolute atomic E-state index is 0.212. The first kappa shape index (κ1) is 16.1. The third-order valence-electron chi connectivity index (χ3n) is 3.77. The molecule has 0 saturated heterocycles. The first-order chi connectivity index (χ1) is 11.5. The lowest BCUT2D eigenvalue weighted by Crippen LogP contribution is -2.38. The number of methoxy groups -OCH3 is 1. The molecule has 2 heterocycles. The Morgan fingerprint density at radius 1 is 1.46 bits per heavy atom. The molecule has 0 saturated carbocycles. The van der Waals surface area contributed by atoms with Crippen LogP contribution in [-0.4, -0.2) is 23.1 Å². The van der Waals surface area contributed by atoms with E-state index >= 15 is 0 Å². The largest absolute Gasteiger partial charge is 0.466 e.